The fourth-order valence-corrected chi connectivity index (χ4v) is 1.96. The van der Waals surface area contributed by atoms with E-state index in [1.54, 1.807) is 13.4 Å². The molecule has 0 saturated heterocycles. The van der Waals surface area contributed by atoms with E-state index in [2.05, 4.69) is 18.8 Å². The van der Waals surface area contributed by atoms with Gasteiger partial charge >= 0.3 is 5.69 Å². The Bertz CT molecular complexity index is 690. The molecule has 6 nitrogen and oxygen atoms in total. The molecule has 0 atom stereocenters. The normalized spacial score (nSPS) is 11.6. The molecular formula is C12H18N4O2. The van der Waals surface area contributed by atoms with Gasteiger partial charge in [0, 0.05) is 20.6 Å². The summed E-state index contributed by atoms with van der Waals surface area (Å²) < 4.78 is 4.36. The fourth-order valence-electron chi connectivity index (χ4n) is 1.96. The summed E-state index contributed by atoms with van der Waals surface area (Å²) in [5.41, 5.74) is 0.322. The Kier molecular flexibility index (Phi) is 3.11. The van der Waals surface area contributed by atoms with Crippen LogP contribution in [0.25, 0.3) is 11.2 Å². The molecule has 2 rings (SSSR count). The van der Waals surface area contributed by atoms with Crippen molar-refractivity contribution < 1.29 is 0 Å². The fraction of sp³-hybridized carbons (Fsp3) is 0.583. The molecule has 6 heteroatoms. The Morgan fingerprint density at radius 1 is 1.22 bits per heavy atom. The van der Waals surface area contributed by atoms with Crippen molar-refractivity contribution in [2.75, 3.05) is 0 Å². The summed E-state index contributed by atoms with van der Waals surface area (Å²) in [7, 11) is 3.12. The summed E-state index contributed by atoms with van der Waals surface area (Å²) in [5.74, 6) is 0.554. The highest BCUT2D eigenvalue weighted by atomic mass is 16.2. The molecule has 0 spiro atoms. The van der Waals surface area contributed by atoms with Gasteiger partial charge in [0.05, 0.1) is 6.33 Å². The standard InChI is InChI=1S/C12H18N4O2/c1-8(2)5-6-16-7-13-10-9(16)11(17)15(4)12(18)14(10)3/h7-8H,5-6H2,1-4H3. The molecule has 0 aromatic carbocycles. The molecule has 0 saturated carbocycles. The first-order valence-corrected chi connectivity index (χ1v) is 6.04. The number of hydrogen-bond acceptors (Lipinski definition) is 3. The van der Waals surface area contributed by atoms with Crippen LogP contribution in [0.4, 0.5) is 0 Å². The summed E-state index contributed by atoms with van der Waals surface area (Å²) in [6, 6.07) is 0. The summed E-state index contributed by atoms with van der Waals surface area (Å²) >= 11 is 0. The third-order valence-corrected chi connectivity index (χ3v) is 3.16. The topological polar surface area (TPSA) is 61.8 Å². The predicted molar refractivity (Wildman–Crippen MR) is 69.7 cm³/mol. The lowest BCUT2D eigenvalue weighted by molar-refractivity contribution is 0.521. The van der Waals surface area contributed by atoms with Crippen LogP contribution in [0.2, 0.25) is 0 Å². The molecule has 98 valence electrons. The number of nitrogens with zero attached hydrogens (tertiary/aromatic N) is 4. The minimum absolute atomic E-state index is 0.283. The summed E-state index contributed by atoms with van der Waals surface area (Å²) in [6.07, 6.45) is 2.60. The molecular weight excluding hydrogens is 232 g/mol. The molecule has 0 aliphatic heterocycles. The smallest absolute Gasteiger partial charge is 0.325 e. The van der Waals surface area contributed by atoms with Gasteiger partial charge < -0.3 is 4.57 Å². The molecule has 0 fully saturated rings. The lowest BCUT2D eigenvalue weighted by Crippen LogP contribution is -2.37. The highest BCUT2D eigenvalue weighted by Crippen LogP contribution is 2.09. The molecule has 0 bridgehead atoms. The second kappa shape index (κ2) is 4.44. The molecule has 2 aromatic rings. The third kappa shape index (κ3) is 1.87. The van der Waals surface area contributed by atoms with Gasteiger partial charge in [0.1, 0.15) is 0 Å². The van der Waals surface area contributed by atoms with Gasteiger partial charge in [-0.3, -0.25) is 13.9 Å². The van der Waals surface area contributed by atoms with E-state index < -0.39 is 0 Å². The number of rotatable bonds is 3. The van der Waals surface area contributed by atoms with Crippen molar-refractivity contribution in [3.63, 3.8) is 0 Å². The monoisotopic (exact) mass is 250 g/mol. The Balaban J connectivity index is 2.66. The predicted octanol–water partition coefficient (Wildman–Crippen LogP) is 0.480. The van der Waals surface area contributed by atoms with Crippen molar-refractivity contribution in [1.29, 1.82) is 0 Å². The van der Waals surface area contributed by atoms with E-state index in [1.807, 2.05) is 4.57 Å². The summed E-state index contributed by atoms with van der Waals surface area (Å²) in [4.78, 5) is 28.0. The van der Waals surface area contributed by atoms with E-state index in [4.69, 9.17) is 0 Å². The van der Waals surface area contributed by atoms with Gasteiger partial charge in [0.2, 0.25) is 0 Å². The van der Waals surface area contributed by atoms with Crippen molar-refractivity contribution in [3.8, 4) is 0 Å². The summed E-state index contributed by atoms with van der Waals surface area (Å²) in [5, 5.41) is 0. The zero-order valence-electron chi connectivity index (χ0n) is 11.2. The van der Waals surface area contributed by atoms with Crippen LogP contribution in [0.15, 0.2) is 15.9 Å². The van der Waals surface area contributed by atoms with E-state index in [9.17, 15) is 9.59 Å². The highest BCUT2D eigenvalue weighted by molar-refractivity contribution is 5.69. The first-order chi connectivity index (χ1) is 8.43. The zero-order chi connectivity index (χ0) is 13.4. The van der Waals surface area contributed by atoms with Crippen LogP contribution in [0.5, 0.6) is 0 Å². The van der Waals surface area contributed by atoms with Crippen molar-refractivity contribution >= 4 is 11.2 Å². The van der Waals surface area contributed by atoms with Gasteiger partial charge in [0.25, 0.3) is 5.56 Å². The second-order valence-electron chi connectivity index (χ2n) is 5.00. The van der Waals surface area contributed by atoms with Gasteiger partial charge in [0.15, 0.2) is 11.2 Å². The van der Waals surface area contributed by atoms with Crippen LogP contribution < -0.4 is 11.2 Å². The maximum atomic E-state index is 12.1. The number of imidazole rings is 1. The van der Waals surface area contributed by atoms with Gasteiger partial charge in [-0.2, -0.15) is 0 Å². The SMILES string of the molecule is CC(C)CCn1cnc2c1c(=O)n(C)c(=O)n2C. The molecule has 0 amide bonds. The first kappa shape index (κ1) is 12.6. The number of aryl methyl sites for hydroxylation is 2. The van der Waals surface area contributed by atoms with E-state index in [0.717, 1.165) is 17.5 Å². The largest absolute Gasteiger partial charge is 0.332 e. The zero-order valence-corrected chi connectivity index (χ0v) is 11.2. The maximum Gasteiger partial charge on any atom is 0.332 e. The molecule has 2 aromatic heterocycles. The third-order valence-electron chi connectivity index (χ3n) is 3.16. The molecule has 0 radical (unpaired) electrons. The lowest BCUT2D eigenvalue weighted by atomic mass is 10.1. The van der Waals surface area contributed by atoms with Crippen molar-refractivity contribution in [2.45, 2.75) is 26.8 Å². The average molecular weight is 250 g/mol. The molecule has 0 unspecified atom stereocenters. The highest BCUT2D eigenvalue weighted by Gasteiger charge is 2.13. The van der Waals surface area contributed by atoms with Crippen LogP contribution in [0.1, 0.15) is 20.3 Å². The average Bonchev–Trinajstić information content (AvgIpc) is 2.75. The molecule has 0 aliphatic rings. The first-order valence-electron chi connectivity index (χ1n) is 6.04. The number of aromatic nitrogens is 4. The van der Waals surface area contributed by atoms with Gasteiger partial charge in [-0.1, -0.05) is 13.8 Å². The minimum atomic E-state index is -0.346. The Labute approximate surface area is 104 Å². The van der Waals surface area contributed by atoms with Crippen LogP contribution in [-0.2, 0) is 20.6 Å². The van der Waals surface area contributed by atoms with Crippen LogP contribution in [0, 0.1) is 5.92 Å². The van der Waals surface area contributed by atoms with Crippen LogP contribution in [0.3, 0.4) is 0 Å². The van der Waals surface area contributed by atoms with Crippen LogP contribution >= 0.6 is 0 Å². The van der Waals surface area contributed by atoms with Crippen molar-refractivity contribution in [3.05, 3.63) is 27.2 Å². The van der Waals surface area contributed by atoms with E-state index >= 15 is 0 Å². The lowest BCUT2D eigenvalue weighted by Gasteiger charge is -2.08. The van der Waals surface area contributed by atoms with Crippen molar-refractivity contribution in [2.24, 2.45) is 20.0 Å². The van der Waals surface area contributed by atoms with E-state index in [1.165, 1.54) is 11.6 Å². The molecule has 2 heterocycles. The second-order valence-corrected chi connectivity index (χ2v) is 5.00. The van der Waals surface area contributed by atoms with E-state index in [0.29, 0.717) is 17.1 Å². The Hall–Kier alpha value is -1.85. The van der Waals surface area contributed by atoms with E-state index in [-0.39, 0.29) is 11.2 Å². The van der Waals surface area contributed by atoms with Gasteiger partial charge in [-0.15, -0.1) is 0 Å². The molecule has 0 N–H and O–H groups in total. The quantitative estimate of drug-likeness (QED) is 0.796. The van der Waals surface area contributed by atoms with Gasteiger partial charge in [-0.05, 0) is 12.3 Å². The molecule has 18 heavy (non-hydrogen) atoms. The van der Waals surface area contributed by atoms with Gasteiger partial charge in [-0.25, -0.2) is 9.78 Å². The Morgan fingerprint density at radius 2 is 1.89 bits per heavy atom. The van der Waals surface area contributed by atoms with Crippen LogP contribution in [-0.4, -0.2) is 18.7 Å². The minimum Gasteiger partial charge on any atom is -0.325 e. The number of hydrogen-bond donors (Lipinski definition) is 0. The van der Waals surface area contributed by atoms with Crippen molar-refractivity contribution in [1.82, 2.24) is 18.7 Å². The molecule has 0 aliphatic carbocycles. The Morgan fingerprint density at radius 3 is 2.50 bits per heavy atom. The maximum absolute atomic E-state index is 12.1. The number of fused-ring (bicyclic) bond motifs is 1. The summed E-state index contributed by atoms with van der Waals surface area (Å²) in [6.45, 7) is 5.00.